The van der Waals surface area contributed by atoms with E-state index in [1.54, 1.807) is 24.0 Å². The van der Waals surface area contributed by atoms with Crippen LogP contribution in [-0.2, 0) is 14.8 Å². The van der Waals surface area contributed by atoms with Crippen LogP contribution in [0.1, 0.15) is 28.2 Å². The maximum Gasteiger partial charge on any atom is 0.267 e. The van der Waals surface area contributed by atoms with E-state index >= 15 is 0 Å². The third-order valence-electron chi connectivity index (χ3n) is 5.20. The lowest BCUT2D eigenvalue weighted by Gasteiger charge is -2.42. The first kappa shape index (κ1) is 19.7. The largest absolute Gasteiger partial charge is 0.358 e. The molecule has 2 aliphatic rings. The Hall–Kier alpha value is -1.59. The summed E-state index contributed by atoms with van der Waals surface area (Å²) in [4.78, 5) is 15.1. The van der Waals surface area contributed by atoms with E-state index in [0.29, 0.717) is 48.1 Å². The van der Waals surface area contributed by atoms with Crippen molar-refractivity contribution < 1.29 is 17.9 Å². The predicted molar refractivity (Wildman–Crippen MR) is 104 cm³/mol. The first-order valence-electron chi connectivity index (χ1n) is 8.84. The van der Waals surface area contributed by atoms with Gasteiger partial charge in [0, 0.05) is 37.5 Å². The van der Waals surface area contributed by atoms with Gasteiger partial charge in [-0.15, -0.1) is 5.10 Å². The van der Waals surface area contributed by atoms with Crippen LogP contribution in [0.25, 0.3) is 0 Å². The number of benzene rings is 1. The maximum atomic E-state index is 13.2. The molecular formula is C17H19ClN4O4S2. The zero-order valence-corrected chi connectivity index (χ0v) is 17.6. The van der Waals surface area contributed by atoms with Crippen LogP contribution in [-0.4, -0.2) is 65.1 Å². The lowest BCUT2D eigenvalue weighted by molar-refractivity contribution is -0.0856. The van der Waals surface area contributed by atoms with Crippen molar-refractivity contribution in [2.24, 2.45) is 0 Å². The second-order valence-electron chi connectivity index (χ2n) is 6.81. The van der Waals surface area contributed by atoms with E-state index in [4.69, 9.17) is 16.3 Å². The lowest BCUT2D eigenvalue weighted by Crippen LogP contribution is -2.55. The Balaban J connectivity index is 1.53. The molecule has 1 aromatic heterocycles. The van der Waals surface area contributed by atoms with Gasteiger partial charge in [0.1, 0.15) is 10.6 Å². The highest BCUT2D eigenvalue weighted by molar-refractivity contribution is 7.89. The van der Waals surface area contributed by atoms with Gasteiger partial charge in [-0.1, -0.05) is 16.1 Å². The van der Waals surface area contributed by atoms with Crippen molar-refractivity contribution in [3.05, 3.63) is 39.9 Å². The van der Waals surface area contributed by atoms with Crippen molar-refractivity contribution in [2.75, 3.05) is 26.2 Å². The van der Waals surface area contributed by atoms with Crippen molar-refractivity contribution in [3.8, 4) is 0 Å². The number of likely N-dealkylation sites (tertiary alicyclic amines) is 1. The Morgan fingerprint density at radius 2 is 1.89 bits per heavy atom. The molecular weight excluding hydrogens is 424 g/mol. The molecule has 1 aromatic carbocycles. The molecule has 0 atom stereocenters. The van der Waals surface area contributed by atoms with Gasteiger partial charge in [0.15, 0.2) is 0 Å². The van der Waals surface area contributed by atoms with Crippen molar-refractivity contribution in [1.29, 1.82) is 0 Å². The quantitative estimate of drug-likeness (QED) is 0.723. The monoisotopic (exact) mass is 442 g/mol. The molecule has 1 spiro atoms. The number of ether oxygens (including phenoxy) is 1. The molecule has 0 N–H and O–H groups in total. The summed E-state index contributed by atoms with van der Waals surface area (Å²) in [6, 6.07) is 6.12. The lowest BCUT2D eigenvalue weighted by atomic mass is 10.0. The molecule has 4 rings (SSSR count). The second-order valence-corrected chi connectivity index (χ2v) is 9.86. The number of rotatable bonds is 3. The SMILES string of the molecule is Cc1nnsc1C(=O)N1CCC2(CC1)OCCN2S(=O)(=O)c1ccc(Cl)cc1. The second kappa shape index (κ2) is 7.34. The van der Waals surface area contributed by atoms with Crippen LogP contribution >= 0.6 is 23.1 Å². The van der Waals surface area contributed by atoms with Gasteiger partial charge in [-0.3, -0.25) is 4.79 Å². The van der Waals surface area contributed by atoms with Crippen molar-refractivity contribution in [3.63, 3.8) is 0 Å². The van der Waals surface area contributed by atoms with E-state index in [-0.39, 0.29) is 17.3 Å². The summed E-state index contributed by atoms with van der Waals surface area (Å²) in [6.07, 6.45) is 0.827. The van der Waals surface area contributed by atoms with Gasteiger partial charge in [0.25, 0.3) is 5.91 Å². The van der Waals surface area contributed by atoms with E-state index in [0.717, 1.165) is 11.5 Å². The number of hydrogen-bond donors (Lipinski definition) is 0. The zero-order valence-electron chi connectivity index (χ0n) is 15.2. The van der Waals surface area contributed by atoms with Crippen LogP contribution in [0.4, 0.5) is 0 Å². The Bertz CT molecular complexity index is 985. The molecule has 0 bridgehead atoms. The Kier molecular flexibility index (Phi) is 5.17. The fourth-order valence-corrected chi connectivity index (χ4v) is 6.17. The highest BCUT2D eigenvalue weighted by Gasteiger charge is 2.51. The van der Waals surface area contributed by atoms with Gasteiger partial charge < -0.3 is 9.64 Å². The predicted octanol–water partition coefficient (Wildman–Crippen LogP) is 2.15. The zero-order chi connectivity index (χ0) is 19.9. The van der Waals surface area contributed by atoms with Gasteiger partial charge >= 0.3 is 0 Å². The van der Waals surface area contributed by atoms with E-state index < -0.39 is 15.7 Å². The molecule has 0 unspecified atom stereocenters. The Labute approximate surface area is 172 Å². The van der Waals surface area contributed by atoms with E-state index in [1.807, 2.05) is 0 Å². The minimum absolute atomic E-state index is 0.118. The molecule has 0 radical (unpaired) electrons. The highest BCUT2D eigenvalue weighted by atomic mass is 35.5. The molecule has 2 fully saturated rings. The molecule has 1 amide bonds. The van der Waals surface area contributed by atoms with Crippen LogP contribution in [0, 0.1) is 6.92 Å². The maximum absolute atomic E-state index is 13.2. The number of amides is 1. The number of nitrogens with zero attached hydrogens (tertiary/aromatic N) is 4. The number of halogens is 1. The number of piperidine rings is 1. The topological polar surface area (TPSA) is 92.7 Å². The minimum atomic E-state index is -3.72. The van der Waals surface area contributed by atoms with Crippen molar-refractivity contribution in [1.82, 2.24) is 18.8 Å². The van der Waals surface area contributed by atoms with Crippen molar-refractivity contribution in [2.45, 2.75) is 30.4 Å². The minimum Gasteiger partial charge on any atom is -0.358 e. The standard InChI is InChI=1S/C17H19ClN4O4S2/c1-12-15(27-20-19-12)16(23)21-8-6-17(7-9-21)22(10-11-26-17)28(24,25)14-4-2-13(18)3-5-14/h2-5H,6-11H2,1H3. The molecule has 2 saturated heterocycles. The summed E-state index contributed by atoms with van der Waals surface area (Å²) in [6.45, 7) is 3.18. The van der Waals surface area contributed by atoms with Gasteiger partial charge in [0.2, 0.25) is 10.0 Å². The van der Waals surface area contributed by atoms with Gasteiger partial charge in [-0.2, -0.15) is 4.31 Å². The molecule has 0 aliphatic carbocycles. The summed E-state index contributed by atoms with van der Waals surface area (Å²) in [5.74, 6) is -0.118. The normalized spacial score (nSPS) is 20.0. The average Bonchev–Trinajstić information content (AvgIpc) is 3.29. The molecule has 150 valence electrons. The molecule has 8 nitrogen and oxygen atoms in total. The Morgan fingerprint density at radius 3 is 2.50 bits per heavy atom. The summed E-state index contributed by atoms with van der Waals surface area (Å²) in [7, 11) is -3.72. The van der Waals surface area contributed by atoms with Crippen LogP contribution < -0.4 is 0 Å². The number of sulfonamides is 1. The highest BCUT2D eigenvalue weighted by Crippen LogP contribution is 2.38. The third-order valence-corrected chi connectivity index (χ3v) is 8.23. The van der Waals surface area contributed by atoms with Crippen LogP contribution in [0.2, 0.25) is 5.02 Å². The van der Waals surface area contributed by atoms with Gasteiger partial charge in [0.05, 0.1) is 17.2 Å². The fraction of sp³-hybridized carbons (Fsp3) is 0.471. The van der Waals surface area contributed by atoms with Crippen LogP contribution in [0.3, 0.4) is 0 Å². The summed E-state index contributed by atoms with van der Waals surface area (Å²) in [5, 5.41) is 4.36. The van der Waals surface area contributed by atoms with E-state index in [1.165, 1.54) is 16.4 Å². The fourth-order valence-electron chi connectivity index (χ4n) is 3.69. The van der Waals surface area contributed by atoms with Crippen LogP contribution in [0.15, 0.2) is 29.2 Å². The summed E-state index contributed by atoms with van der Waals surface area (Å²) >= 11 is 6.96. The van der Waals surface area contributed by atoms with E-state index in [9.17, 15) is 13.2 Å². The molecule has 0 saturated carbocycles. The molecule has 11 heteroatoms. The van der Waals surface area contributed by atoms with Crippen LogP contribution in [0.5, 0.6) is 0 Å². The first-order chi connectivity index (χ1) is 13.3. The smallest absolute Gasteiger partial charge is 0.267 e. The summed E-state index contributed by atoms with van der Waals surface area (Å²) in [5.41, 5.74) is -0.310. The number of carbonyl (C=O) groups excluding carboxylic acids is 1. The molecule has 3 heterocycles. The third kappa shape index (κ3) is 3.33. The molecule has 28 heavy (non-hydrogen) atoms. The van der Waals surface area contributed by atoms with Gasteiger partial charge in [-0.05, 0) is 42.7 Å². The number of hydrogen-bond acceptors (Lipinski definition) is 7. The Morgan fingerprint density at radius 1 is 1.21 bits per heavy atom. The molecule has 2 aromatic rings. The number of aryl methyl sites for hydroxylation is 1. The first-order valence-corrected chi connectivity index (χ1v) is 11.4. The molecule has 2 aliphatic heterocycles. The summed E-state index contributed by atoms with van der Waals surface area (Å²) < 4.78 is 37.5. The average molecular weight is 443 g/mol. The van der Waals surface area contributed by atoms with Crippen molar-refractivity contribution >= 4 is 39.1 Å². The number of aromatic nitrogens is 2. The number of carbonyl (C=O) groups is 1. The van der Waals surface area contributed by atoms with Gasteiger partial charge in [-0.25, -0.2) is 8.42 Å². The van der Waals surface area contributed by atoms with E-state index in [2.05, 4.69) is 9.59 Å².